The Morgan fingerprint density at radius 1 is 0.886 bits per heavy atom. The SMILES string of the molecule is O=C(CC[C@@H]1O[C@@H](c2ccccc2)c2ccccc2N(Cc2ccccc2)C1=O)N[C@@H](Cc1c[nH]c2ccccc12)C(=O)O. The molecule has 4 aromatic carbocycles. The first kappa shape index (κ1) is 28.9. The van der Waals surface area contributed by atoms with Gasteiger partial charge in [-0.15, -0.1) is 0 Å². The summed E-state index contributed by atoms with van der Waals surface area (Å²) in [5.74, 6) is -1.83. The van der Waals surface area contributed by atoms with Crippen LogP contribution in [-0.4, -0.2) is 40.0 Å². The maximum Gasteiger partial charge on any atom is 0.326 e. The summed E-state index contributed by atoms with van der Waals surface area (Å²) in [5.41, 5.74) is 5.18. The largest absolute Gasteiger partial charge is 0.480 e. The topological polar surface area (TPSA) is 112 Å². The van der Waals surface area contributed by atoms with Gasteiger partial charge in [0.2, 0.25) is 5.91 Å². The molecule has 8 nitrogen and oxygen atoms in total. The van der Waals surface area contributed by atoms with Gasteiger partial charge in [-0.25, -0.2) is 4.79 Å². The molecule has 3 atom stereocenters. The summed E-state index contributed by atoms with van der Waals surface area (Å²) in [6, 6.07) is 33.7. The highest BCUT2D eigenvalue weighted by Crippen LogP contribution is 2.39. The molecule has 0 bridgehead atoms. The smallest absolute Gasteiger partial charge is 0.326 e. The number of rotatable bonds is 10. The van der Waals surface area contributed by atoms with Crippen LogP contribution in [0.5, 0.6) is 0 Å². The number of para-hydroxylation sites is 2. The molecule has 0 aliphatic carbocycles. The fourth-order valence-electron chi connectivity index (χ4n) is 5.80. The van der Waals surface area contributed by atoms with Crippen LogP contribution in [0.3, 0.4) is 0 Å². The number of hydrogen-bond donors (Lipinski definition) is 3. The number of ether oxygens (including phenoxy) is 1. The molecule has 2 heterocycles. The first-order valence-corrected chi connectivity index (χ1v) is 14.7. The number of aromatic amines is 1. The van der Waals surface area contributed by atoms with E-state index >= 15 is 0 Å². The normalized spacial score (nSPS) is 17.1. The van der Waals surface area contributed by atoms with E-state index in [1.165, 1.54) is 0 Å². The van der Waals surface area contributed by atoms with Gasteiger partial charge in [-0.05, 0) is 35.2 Å². The third-order valence-corrected chi connectivity index (χ3v) is 8.00. The molecule has 0 unspecified atom stereocenters. The van der Waals surface area contributed by atoms with Crippen molar-refractivity contribution in [1.29, 1.82) is 0 Å². The molecule has 6 rings (SSSR count). The number of aromatic nitrogens is 1. The van der Waals surface area contributed by atoms with Crippen molar-refractivity contribution in [3.05, 3.63) is 138 Å². The van der Waals surface area contributed by atoms with Crippen LogP contribution >= 0.6 is 0 Å². The third-order valence-electron chi connectivity index (χ3n) is 8.00. The Bertz CT molecular complexity index is 1770. The monoisotopic (exact) mass is 587 g/mol. The molecular weight excluding hydrogens is 554 g/mol. The Hall–Kier alpha value is -5.21. The lowest BCUT2D eigenvalue weighted by molar-refractivity contribution is -0.142. The van der Waals surface area contributed by atoms with E-state index in [9.17, 15) is 19.5 Å². The molecule has 44 heavy (non-hydrogen) atoms. The number of fused-ring (bicyclic) bond motifs is 2. The molecular formula is C36H33N3O5. The van der Waals surface area contributed by atoms with Crippen molar-refractivity contribution in [1.82, 2.24) is 10.3 Å². The van der Waals surface area contributed by atoms with Crippen molar-refractivity contribution in [3.63, 3.8) is 0 Å². The predicted molar refractivity (Wildman–Crippen MR) is 168 cm³/mol. The molecule has 0 fully saturated rings. The second-order valence-corrected chi connectivity index (χ2v) is 10.9. The Labute approximate surface area is 255 Å². The van der Waals surface area contributed by atoms with E-state index < -0.39 is 30.1 Å². The minimum atomic E-state index is -1.13. The number of carboxylic acids is 1. The number of nitrogens with one attached hydrogen (secondary N) is 2. The second kappa shape index (κ2) is 13.0. The van der Waals surface area contributed by atoms with E-state index in [2.05, 4.69) is 10.3 Å². The van der Waals surface area contributed by atoms with Gasteiger partial charge in [0.15, 0.2) is 0 Å². The van der Waals surface area contributed by atoms with Crippen molar-refractivity contribution in [2.24, 2.45) is 0 Å². The number of carboxylic acid groups (broad SMARTS) is 1. The zero-order valence-electron chi connectivity index (χ0n) is 24.1. The fraction of sp³-hybridized carbons (Fsp3) is 0.194. The number of carbonyl (C=O) groups is 3. The first-order chi connectivity index (χ1) is 21.5. The van der Waals surface area contributed by atoms with Crippen molar-refractivity contribution < 1.29 is 24.2 Å². The van der Waals surface area contributed by atoms with Crippen molar-refractivity contribution in [2.45, 2.75) is 44.1 Å². The summed E-state index contributed by atoms with van der Waals surface area (Å²) in [7, 11) is 0. The van der Waals surface area contributed by atoms with E-state index in [4.69, 9.17) is 4.74 Å². The quantitative estimate of drug-likeness (QED) is 0.192. The summed E-state index contributed by atoms with van der Waals surface area (Å²) in [6.07, 6.45) is 0.448. The summed E-state index contributed by atoms with van der Waals surface area (Å²) in [5, 5.41) is 13.5. The number of hydrogen-bond acceptors (Lipinski definition) is 4. The van der Waals surface area contributed by atoms with Crippen LogP contribution in [-0.2, 0) is 32.1 Å². The van der Waals surface area contributed by atoms with E-state index in [-0.39, 0.29) is 25.2 Å². The van der Waals surface area contributed by atoms with Gasteiger partial charge in [-0.2, -0.15) is 0 Å². The molecule has 0 saturated carbocycles. The van der Waals surface area contributed by atoms with Gasteiger partial charge in [0.05, 0.1) is 12.2 Å². The van der Waals surface area contributed by atoms with Gasteiger partial charge in [0, 0.05) is 35.5 Å². The summed E-state index contributed by atoms with van der Waals surface area (Å²) < 4.78 is 6.55. The number of aliphatic carboxylic acids is 1. The van der Waals surface area contributed by atoms with E-state index in [0.29, 0.717) is 6.54 Å². The van der Waals surface area contributed by atoms with Gasteiger partial charge >= 0.3 is 5.97 Å². The molecule has 1 aliphatic heterocycles. The van der Waals surface area contributed by atoms with Gasteiger partial charge in [0.25, 0.3) is 5.91 Å². The molecule has 0 saturated heterocycles. The molecule has 0 spiro atoms. The molecule has 8 heteroatoms. The van der Waals surface area contributed by atoms with Crippen LogP contribution in [0.2, 0.25) is 0 Å². The van der Waals surface area contributed by atoms with Gasteiger partial charge in [-0.3, -0.25) is 9.59 Å². The lowest BCUT2D eigenvalue weighted by Gasteiger charge is -2.25. The summed E-state index contributed by atoms with van der Waals surface area (Å²) in [6.45, 7) is 0.343. The second-order valence-electron chi connectivity index (χ2n) is 10.9. The Kier molecular flexibility index (Phi) is 8.52. The summed E-state index contributed by atoms with van der Waals surface area (Å²) >= 11 is 0. The molecule has 1 aliphatic rings. The van der Waals surface area contributed by atoms with Crippen LogP contribution in [0.4, 0.5) is 5.69 Å². The van der Waals surface area contributed by atoms with Crippen molar-refractivity contribution in [3.8, 4) is 0 Å². The average Bonchev–Trinajstić information content (AvgIpc) is 3.42. The highest BCUT2D eigenvalue weighted by molar-refractivity contribution is 5.98. The molecule has 1 aromatic heterocycles. The van der Waals surface area contributed by atoms with Gasteiger partial charge < -0.3 is 25.0 Å². The zero-order chi connectivity index (χ0) is 30.5. The first-order valence-electron chi connectivity index (χ1n) is 14.7. The van der Waals surface area contributed by atoms with Gasteiger partial charge in [-0.1, -0.05) is 97.1 Å². The average molecular weight is 588 g/mol. The molecule has 2 amide bonds. The Morgan fingerprint density at radius 3 is 2.34 bits per heavy atom. The van der Waals surface area contributed by atoms with Crippen LogP contribution in [0.15, 0.2) is 115 Å². The number of benzene rings is 4. The van der Waals surface area contributed by atoms with Crippen LogP contribution in [0.1, 0.15) is 41.2 Å². The van der Waals surface area contributed by atoms with Crippen molar-refractivity contribution in [2.75, 3.05) is 4.90 Å². The highest BCUT2D eigenvalue weighted by atomic mass is 16.5. The predicted octanol–water partition coefficient (Wildman–Crippen LogP) is 5.78. The van der Waals surface area contributed by atoms with E-state index in [1.807, 2.05) is 109 Å². The number of H-pyrrole nitrogens is 1. The van der Waals surface area contributed by atoms with E-state index in [1.54, 1.807) is 11.1 Å². The van der Waals surface area contributed by atoms with Gasteiger partial charge in [0.1, 0.15) is 18.2 Å². The maximum atomic E-state index is 14.1. The summed E-state index contributed by atoms with van der Waals surface area (Å²) in [4.78, 5) is 44.3. The molecule has 3 N–H and O–H groups in total. The highest BCUT2D eigenvalue weighted by Gasteiger charge is 2.36. The third kappa shape index (κ3) is 6.26. The maximum absolute atomic E-state index is 14.1. The lowest BCUT2D eigenvalue weighted by Crippen LogP contribution is -2.43. The van der Waals surface area contributed by atoms with Crippen LogP contribution in [0, 0.1) is 0 Å². The Balaban J connectivity index is 1.23. The lowest BCUT2D eigenvalue weighted by atomic mass is 9.99. The minimum Gasteiger partial charge on any atom is -0.480 e. The zero-order valence-corrected chi connectivity index (χ0v) is 24.1. The minimum absolute atomic E-state index is 0.0783. The number of anilines is 1. The number of amides is 2. The van der Waals surface area contributed by atoms with Crippen LogP contribution < -0.4 is 10.2 Å². The number of nitrogens with zero attached hydrogens (tertiary/aromatic N) is 1. The molecule has 5 aromatic rings. The Morgan fingerprint density at radius 2 is 1.57 bits per heavy atom. The molecule has 222 valence electrons. The fourth-order valence-corrected chi connectivity index (χ4v) is 5.80. The van der Waals surface area contributed by atoms with Crippen molar-refractivity contribution >= 4 is 34.4 Å². The van der Waals surface area contributed by atoms with Crippen LogP contribution in [0.25, 0.3) is 10.9 Å². The van der Waals surface area contributed by atoms with E-state index in [0.717, 1.165) is 38.8 Å². The molecule has 0 radical (unpaired) electrons. The number of carbonyl (C=O) groups excluding carboxylic acids is 2. The standard InChI is InChI=1S/C36H33N3O5/c40-33(38-30(36(42)43)21-26-22-37-29-17-9-7-15-27(26)29)20-19-32-35(41)39(23-24-11-3-1-4-12-24)31-18-10-8-16-28(31)34(44-32)25-13-5-2-6-14-25/h1-18,22,30,32,34,37H,19-21,23H2,(H,38,40)(H,42,43)/t30-,32-,34-/m0/s1.